The number of hydrogen-bond acceptors (Lipinski definition) is 4. The average molecular weight is 384 g/mol. The molecule has 28 heavy (non-hydrogen) atoms. The first kappa shape index (κ1) is 19.9. The molecule has 1 amide bonds. The molecule has 5 nitrogen and oxygen atoms in total. The summed E-state index contributed by atoms with van der Waals surface area (Å²) in [6.07, 6.45) is 0.437. The zero-order valence-electron chi connectivity index (χ0n) is 16.4. The molecule has 0 radical (unpaired) electrons. The Morgan fingerprint density at radius 3 is 2.32 bits per heavy atom. The fourth-order valence-electron chi connectivity index (χ4n) is 3.25. The van der Waals surface area contributed by atoms with Gasteiger partial charge in [0.15, 0.2) is 0 Å². The Hall–Kier alpha value is -2.89. The Morgan fingerprint density at radius 1 is 1.04 bits per heavy atom. The lowest BCUT2D eigenvalue weighted by Gasteiger charge is -2.37. The van der Waals surface area contributed by atoms with Crippen LogP contribution in [0.3, 0.4) is 0 Å². The van der Waals surface area contributed by atoms with Crippen molar-refractivity contribution in [1.82, 2.24) is 4.90 Å². The van der Waals surface area contributed by atoms with Gasteiger partial charge in [0.05, 0.1) is 0 Å². The number of benzene rings is 2. The number of rotatable bonds is 3. The third kappa shape index (κ3) is 4.50. The van der Waals surface area contributed by atoms with Crippen LogP contribution < -0.4 is 4.90 Å². The smallest absolute Gasteiger partial charge is 0.410 e. The number of amides is 1. The molecule has 1 heterocycles. The fourth-order valence-corrected chi connectivity index (χ4v) is 3.25. The van der Waals surface area contributed by atoms with E-state index in [1.165, 1.54) is 6.07 Å². The van der Waals surface area contributed by atoms with Gasteiger partial charge in [-0.25, -0.2) is 9.18 Å². The predicted octanol–water partition coefficient (Wildman–Crippen LogP) is 4.36. The maximum absolute atomic E-state index is 14.4. The number of carbonyl (C=O) groups is 2. The molecule has 0 aromatic heterocycles. The summed E-state index contributed by atoms with van der Waals surface area (Å²) >= 11 is 0. The monoisotopic (exact) mass is 384 g/mol. The van der Waals surface area contributed by atoms with Crippen LogP contribution in [0.1, 0.15) is 31.1 Å². The van der Waals surface area contributed by atoms with E-state index in [0.717, 1.165) is 12.0 Å². The van der Waals surface area contributed by atoms with Crippen molar-refractivity contribution in [3.05, 3.63) is 53.8 Å². The van der Waals surface area contributed by atoms with Crippen molar-refractivity contribution < 1.29 is 18.7 Å². The summed E-state index contributed by atoms with van der Waals surface area (Å²) in [5.74, 6) is -0.334. The van der Waals surface area contributed by atoms with Crippen LogP contribution in [0.2, 0.25) is 0 Å². The molecule has 1 fully saturated rings. The van der Waals surface area contributed by atoms with Crippen molar-refractivity contribution in [3.8, 4) is 11.1 Å². The van der Waals surface area contributed by atoms with Gasteiger partial charge in [-0.05, 0) is 45.0 Å². The Bertz CT molecular complexity index is 868. The van der Waals surface area contributed by atoms with Crippen LogP contribution in [0.4, 0.5) is 14.9 Å². The number of piperazine rings is 1. The van der Waals surface area contributed by atoms with Gasteiger partial charge in [-0.15, -0.1) is 0 Å². The standard InChI is InChI=1S/C22H25FN2O3/c1-22(2,3)28-21(27)25-12-10-24(11-13-25)20-9-8-16(15-26)14-18(20)17-6-4-5-7-19(17)23/h4-9,14-15H,10-13H2,1-3H3. The summed E-state index contributed by atoms with van der Waals surface area (Å²) in [6, 6.07) is 11.8. The van der Waals surface area contributed by atoms with E-state index in [-0.39, 0.29) is 11.9 Å². The fraction of sp³-hybridized carbons (Fsp3) is 0.364. The topological polar surface area (TPSA) is 49.9 Å². The lowest BCUT2D eigenvalue weighted by atomic mass is 9.99. The van der Waals surface area contributed by atoms with Crippen LogP contribution in [0.5, 0.6) is 0 Å². The number of aldehydes is 1. The van der Waals surface area contributed by atoms with E-state index in [2.05, 4.69) is 4.90 Å². The Labute approximate surface area is 164 Å². The molecule has 0 spiro atoms. The van der Waals surface area contributed by atoms with Gasteiger partial charge in [-0.1, -0.05) is 18.2 Å². The summed E-state index contributed by atoms with van der Waals surface area (Å²) < 4.78 is 19.8. The van der Waals surface area contributed by atoms with Crippen molar-refractivity contribution in [2.75, 3.05) is 31.1 Å². The quantitative estimate of drug-likeness (QED) is 0.738. The van der Waals surface area contributed by atoms with Crippen molar-refractivity contribution in [2.24, 2.45) is 0 Å². The Kier molecular flexibility index (Phi) is 5.68. The molecule has 0 aliphatic carbocycles. The van der Waals surface area contributed by atoms with E-state index in [1.807, 2.05) is 26.8 Å². The zero-order valence-corrected chi connectivity index (χ0v) is 16.4. The molecule has 1 saturated heterocycles. The maximum Gasteiger partial charge on any atom is 0.410 e. The van der Waals surface area contributed by atoms with Gasteiger partial charge < -0.3 is 14.5 Å². The van der Waals surface area contributed by atoms with Gasteiger partial charge in [-0.3, -0.25) is 4.79 Å². The van der Waals surface area contributed by atoms with Gasteiger partial charge in [0, 0.05) is 48.6 Å². The van der Waals surface area contributed by atoms with Gasteiger partial charge in [0.2, 0.25) is 0 Å². The van der Waals surface area contributed by atoms with Crippen molar-refractivity contribution in [2.45, 2.75) is 26.4 Å². The predicted molar refractivity (Wildman–Crippen MR) is 107 cm³/mol. The summed E-state index contributed by atoms with van der Waals surface area (Å²) in [4.78, 5) is 27.3. The first-order chi connectivity index (χ1) is 13.3. The summed E-state index contributed by atoms with van der Waals surface area (Å²) in [5, 5.41) is 0. The molecule has 6 heteroatoms. The van der Waals surface area contributed by atoms with Crippen molar-refractivity contribution >= 4 is 18.1 Å². The highest BCUT2D eigenvalue weighted by atomic mass is 19.1. The van der Waals surface area contributed by atoms with Gasteiger partial charge >= 0.3 is 6.09 Å². The molecule has 0 bridgehead atoms. The van der Waals surface area contributed by atoms with Crippen LogP contribution >= 0.6 is 0 Å². The normalized spacial score (nSPS) is 14.7. The second-order valence-electron chi connectivity index (χ2n) is 7.83. The highest BCUT2D eigenvalue weighted by molar-refractivity contribution is 5.86. The number of anilines is 1. The highest BCUT2D eigenvalue weighted by Gasteiger charge is 2.27. The summed E-state index contributed by atoms with van der Waals surface area (Å²) in [5.41, 5.74) is 1.94. The van der Waals surface area contributed by atoms with Gasteiger partial charge in [0.25, 0.3) is 0 Å². The number of hydrogen-bond donors (Lipinski definition) is 0. The minimum Gasteiger partial charge on any atom is -0.444 e. The first-order valence-corrected chi connectivity index (χ1v) is 9.35. The minimum absolute atomic E-state index is 0.321. The maximum atomic E-state index is 14.4. The van der Waals surface area contributed by atoms with E-state index in [9.17, 15) is 14.0 Å². The van der Waals surface area contributed by atoms with E-state index in [0.29, 0.717) is 42.9 Å². The largest absolute Gasteiger partial charge is 0.444 e. The molecule has 2 aromatic carbocycles. The molecule has 0 atom stereocenters. The van der Waals surface area contributed by atoms with Crippen molar-refractivity contribution in [3.63, 3.8) is 0 Å². The Balaban J connectivity index is 1.83. The molecule has 3 rings (SSSR count). The van der Waals surface area contributed by atoms with Gasteiger partial charge in [-0.2, -0.15) is 0 Å². The second-order valence-corrected chi connectivity index (χ2v) is 7.83. The third-order valence-electron chi connectivity index (χ3n) is 4.59. The Morgan fingerprint density at radius 2 is 1.71 bits per heavy atom. The average Bonchev–Trinajstić information content (AvgIpc) is 2.67. The van der Waals surface area contributed by atoms with Gasteiger partial charge in [0.1, 0.15) is 17.7 Å². The van der Waals surface area contributed by atoms with Crippen LogP contribution in [0.15, 0.2) is 42.5 Å². The number of ether oxygens (including phenoxy) is 1. The van der Waals surface area contributed by atoms with E-state index in [1.54, 1.807) is 35.2 Å². The molecular formula is C22H25FN2O3. The first-order valence-electron chi connectivity index (χ1n) is 9.35. The zero-order chi connectivity index (χ0) is 20.3. The number of nitrogens with zero attached hydrogens (tertiary/aromatic N) is 2. The molecule has 1 aliphatic rings. The van der Waals surface area contributed by atoms with E-state index in [4.69, 9.17) is 4.74 Å². The number of carbonyl (C=O) groups excluding carboxylic acids is 2. The van der Waals surface area contributed by atoms with E-state index >= 15 is 0 Å². The molecule has 0 saturated carbocycles. The van der Waals surface area contributed by atoms with Crippen LogP contribution in [0.25, 0.3) is 11.1 Å². The lowest BCUT2D eigenvalue weighted by molar-refractivity contribution is 0.0240. The highest BCUT2D eigenvalue weighted by Crippen LogP contribution is 2.34. The van der Waals surface area contributed by atoms with Crippen LogP contribution in [0, 0.1) is 5.82 Å². The lowest BCUT2D eigenvalue weighted by Crippen LogP contribution is -2.50. The third-order valence-corrected chi connectivity index (χ3v) is 4.59. The molecule has 148 valence electrons. The minimum atomic E-state index is -0.531. The van der Waals surface area contributed by atoms with E-state index < -0.39 is 5.60 Å². The molecule has 0 unspecified atom stereocenters. The second kappa shape index (κ2) is 8.00. The van der Waals surface area contributed by atoms with Crippen LogP contribution in [-0.4, -0.2) is 49.1 Å². The van der Waals surface area contributed by atoms with Crippen molar-refractivity contribution in [1.29, 1.82) is 0 Å². The molecule has 2 aromatic rings. The summed E-state index contributed by atoms with van der Waals surface area (Å²) in [6.45, 7) is 7.76. The SMILES string of the molecule is CC(C)(C)OC(=O)N1CCN(c2ccc(C=O)cc2-c2ccccc2F)CC1. The number of halogens is 1. The molecular weight excluding hydrogens is 359 g/mol. The molecule has 0 N–H and O–H groups in total. The summed E-state index contributed by atoms with van der Waals surface area (Å²) in [7, 11) is 0. The molecule has 1 aliphatic heterocycles. The van der Waals surface area contributed by atoms with Crippen LogP contribution in [-0.2, 0) is 4.74 Å².